The van der Waals surface area contributed by atoms with Crippen LogP contribution in [0.2, 0.25) is 0 Å². The van der Waals surface area contributed by atoms with Crippen LogP contribution in [0.15, 0.2) is 53.4 Å². The molecule has 0 amide bonds. The van der Waals surface area contributed by atoms with Crippen molar-refractivity contribution in [2.75, 3.05) is 20.8 Å². The van der Waals surface area contributed by atoms with Crippen LogP contribution in [0.25, 0.3) is 0 Å². The van der Waals surface area contributed by atoms with Crippen LogP contribution in [0.5, 0.6) is 0 Å². The highest BCUT2D eigenvalue weighted by Crippen LogP contribution is 2.36. The lowest BCUT2D eigenvalue weighted by Gasteiger charge is -2.25. The van der Waals surface area contributed by atoms with Crippen molar-refractivity contribution >= 4 is 22.0 Å². The smallest absolute Gasteiger partial charge is 0.337 e. The van der Waals surface area contributed by atoms with Gasteiger partial charge >= 0.3 is 11.9 Å². The molecular weight excluding hydrogens is 382 g/mol. The quantitative estimate of drug-likeness (QED) is 0.713. The SMILES string of the molecule is COC(=O)c1cc(C(=O)OC)cc(S(=O)(=O)N2CCC[C@@H]2c2ccccc2)c1. The van der Waals surface area contributed by atoms with Crippen LogP contribution in [0, 0.1) is 0 Å². The zero-order chi connectivity index (χ0) is 20.3. The van der Waals surface area contributed by atoms with E-state index in [1.54, 1.807) is 0 Å². The fourth-order valence-electron chi connectivity index (χ4n) is 3.39. The van der Waals surface area contributed by atoms with E-state index in [4.69, 9.17) is 0 Å². The molecule has 8 heteroatoms. The van der Waals surface area contributed by atoms with Crippen molar-refractivity contribution in [3.05, 3.63) is 65.2 Å². The Morgan fingerprint density at radius 3 is 2.07 bits per heavy atom. The summed E-state index contributed by atoms with van der Waals surface area (Å²) < 4.78 is 37.5. The molecule has 2 aromatic carbocycles. The first-order valence-corrected chi connectivity index (χ1v) is 10.2. The lowest BCUT2D eigenvalue weighted by atomic mass is 10.1. The molecule has 7 nitrogen and oxygen atoms in total. The van der Waals surface area contributed by atoms with Gasteiger partial charge in [-0.05, 0) is 36.6 Å². The van der Waals surface area contributed by atoms with Crippen molar-refractivity contribution in [1.29, 1.82) is 0 Å². The number of methoxy groups -OCH3 is 2. The molecule has 28 heavy (non-hydrogen) atoms. The van der Waals surface area contributed by atoms with Crippen molar-refractivity contribution in [2.45, 2.75) is 23.8 Å². The van der Waals surface area contributed by atoms with Crippen LogP contribution in [-0.2, 0) is 19.5 Å². The van der Waals surface area contributed by atoms with E-state index in [0.29, 0.717) is 13.0 Å². The molecule has 0 radical (unpaired) electrons. The average Bonchev–Trinajstić information content (AvgIpc) is 3.23. The van der Waals surface area contributed by atoms with Crippen LogP contribution in [0.1, 0.15) is 45.2 Å². The van der Waals surface area contributed by atoms with Gasteiger partial charge in [0.1, 0.15) is 0 Å². The van der Waals surface area contributed by atoms with Gasteiger partial charge in [0.2, 0.25) is 10.0 Å². The molecule has 0 bridgehead atoms. The summed E-state index contributed by atoms with van der Waals surface area (Å²) in [5, 5.41) is 0. The number of ether oxygens (including phenoxy) is 2. The standard InChI is InChI=1S/C20H21NO6S/c1-26-19(22)15-11-16(20(23)27-2)13-17(12-15)28(24,25)21-10-6-9-18(21)14-7-4-3-5-8-14/h3-5,7-8,11-13,18H,6,9-10H2,1-2H3/t18-/m1/s1. The zero-order valence-electron chi connectivity index (χ0n) is 15.6. The van der Waals surface area contributed by atoms with E-state index in [1.807, 2.05) is 30.3 Å². The Balaban J connectivity index is 2.07. The Morgan fingerprint density at radius 2 is 1.54 bits per heavy atom. The molecule has 0 spiro atoms. The number of sulfonamides is 1. The number of carbonyl (C=O) groups excluding carboxylic acids is 2. The highest BCUT2D eigenvalue weighted by atomic mass is 32.2. The fraction of sp³-hybridized carbons (Fsp3) is 0.300. The Bertz CT molecular complexity index is 953. The van der Waals surface area contributed by atoms with Crippen molar-refractivity contribution in [2.24, 2.45) is 0 Å². The van der Waals surface area contributed by atoms with Gasteiger partial charge in [-0.25, -0.2) is 18.0 Å². The molecule has 1 fully saturated rings. The van der Waals surface area contributed by atoms with Gasteiger partial charge < -0.3 is 9.47 Å². The predicted octanol–water partition coefficient (Wildman–Crippen LogP) is 2.79. The maximum atomic E-state index is 13.4. The van der Waals surface area contributed by atoms with E-state index in [0.717, 1.165) is 12.0 Å². The summed E-state index contributed by atoms with van der Waals surface area (Å²) in [4.78, 5) is 23.8. The van der Waals surface area contributed by atoms with Gasteiger partial charge in [-0.3, -0.25) is 0 Å². The zero-order valence-corrected chi connectivity index (χ0v) is 16.4. The molecule has 1 saturated heterocycles. The Kier molecular flexibility index (Phi) is 5.81. The number of benzene rings is 2. The maximum Gasteiger partial charge on any atom is 0.337 e. The summed E-state index contributed by atoms with van der Waals surface area (Å²) in [6.45, 7) is 0.359. The first-order chi connectivity index (χ1) is 13.4. The van der Waals surface area contributed by atoms with Crippen molar-refractivity contribution in [3.8, 4) is 0 Å². The second-order valence-electron chi connectivity index (χ2n) is 6.41. The minimum Gasteiger partial charge on any atom is -0.465 e. The van der Waals surface area contributed by atoms with Crippen LogP contribution in [0.4, 0.5) is 0 Å². The van der Waals surface area contributed by atoms with E-state index in [1.165, 1.54) is 36.7 Å². The number of hydrogen-bond acceptors (Lipinski definition) is 6. The molecule has 1 aliphatic heterocycles. The van der Waals surface area contributed by atoms with Gasteiger partial charge in [0.25, 0.3) is 0 Å². The minimum absolute atomic E-state index is 0.0283. The summed E-state index contributed by atoms with van der Waals surface area (Å²) >= 11 is 0. The third-order valence-electron chi connectivity index (χ3n) is 4.74. The van der Waals surface area contributed by atoms with Crippen LogP contribution in [-0.4, -0.2) is 45.4 Å². The normalized spacial score (nSPS) is 17.3. The summed E-state index contributed by atoms with van der Waals surface area (Å²) in [6.07, 6.45) is 1.42. The van der Waals surface area contributed by atoms with Crippen molar-refractivity contribution in [1.82, 2.24) is 4.31 Å². The number of carbonyl (C=O) groups is 2. The van der Waals surface area contributed by atoms with Gasteiger partial charge in [0.05, 0.1) is 36.3 Å². The molecule has 0 saturated carbocycles. The number of nitrogens with zero attached hydrogens (tertiary/aromatic N) is 1. The van der Waals surface area contributed by atoms with Crippen LogP contribution in [0.3, 0.4) is 0 Å². The van der Waals surface area contributed by atoms with Gasteiger partial charge in [-0.15, -0.1) is 0 Å². The van der Waals surface area contributed by atoms with E-state index in [-0.39, 0.29) is 22.1 Å². The molecule has 1 heterocycles. The Morgan fingerprint density at radius 1 is 0.964 bits per heavy atom. The minimum atomic E-state index is -3.95. The monoisotopic (exact) mass is 403 g/mol. The molecule has 2 aromatic rings. The fourth-order valence-corrected chi connectivity index (χ4v) is 5.15. The predicted molar refractivity (Wildman–Crippen MR) is 101 cm³/mol. The lowest BCUT2D eigenvalue weighted by Crippen LogP contribution is -2.31. The second-order valence-corrected chi connectivity index (χ2v) is 8.30. The lowest BCUT2D eigenvalue weighted by molar-refractivity contribution is 0.0598. The molecule has 148 valence electrons. The van der Waals surface area contributed by atoms with Crippen molar-refractivity contribution < 1.29 is 27.5 Å². The molecule has 0 N–H and O–H groups in total. The molecular formula is C20H21NO6S. The first kappa shape index (κ1) is 20.0. The molecule has 3 rings (SSSR count). The molecule has 1 atom stereocenters. The number of esters is 2. The molecule has 0 aromatic heterocycles. The van der Waals surface area contributed by atoms with Gasteiger partial charge in [0, 0.05) is 6.54 Å². The number of rotatable bonds is 5. The van der Waals surface area contributed by atoms with Gasteiger partial charge in [-0.1, -0.05) is 30.3 Å². The summed E-state index contributed by atoms with van der Waals surface area (Å²) in [5.41, 5.74) is 0.847. The molecule has 0 aliphatic carbocycles. The van der Waals surface area contributed by atoms with Crippen LogP contribution >= 0.6 is 0 Å². The largest absolute Gasteiger partial charge is 0.465 e. The van der Waals surface area contributed by atoms with Crippen molar-refractivity contribution in [3.63, 3.8) is 0 Å². The van der Waals surface area contributed by atoms with E-state index in [2.05, 4.69) is 9.47 Å². The highest BCUT2D eigenvalue weighted by Gasteiger charge is 2.37. The second kappa shape index (κ2) is 8.12. The van der Waals surface area contributed by atoms with Gasteiger partial charge in [0.15, 0.2) is 0 Å². The summed E-state index contributed by atoms with van der Waals surface area (Å²) in [6, 6.07) is 12.8. The van der Waals surface area contributed by atoms with Gasteiger partial charge in [-0.2, -0.15) is 4.31 Å². The van der Waals surface area contributed by atoms with E-state index >= 15 is 0 Å². The Labute approximate surface area is 163 Å². The third kappa shape index (κ3) is 3.79. The van der Waals surface area contributed by atoms with E-state index < -0.39 is 22.0 Å². The topological polar surface area (TPSA) is 90.0 Å². The van der Waals surface area contributed by atoms with E-state index in [9.17, 15) is 18.0 Å². The maximum absolute atomic E-state index is 13.4. The summed E-state index contributed by atoms with van der Waals surface area (Å²) in [7, 11) is -1.57. The average molecular weight is 403 g/mol. The van der Waals surface area contributed by atoms with Crippen LogP contribution < -0.4 is 0 Å². The third-order valence-corrected chi connectivity index (χ3v) is 6.63. The number of hydrogen-bond donors (Lipinski definition) is 0. The Hall–Kier alpha value is -2.71. The molecule has 1 aliphatic rings. The molecule has 0 unspecified atom stereocenters. The highest BCUT2D eigenvalue weighted by molar-refractivity contribution is 7.89. The summed E-state index contributed by atoms with van der Waals surface area (Å²) in [5.74, 6) is -1.47. The first-order valence-electron chi connectivity index (χ1n) is 8.77.